The molecule has 17 heavy (non-hydrogen) atoms. The molecule has 0 radical (unpaired) electrons. The fourth-order valence-corrected chi connectivity index (χ4v) is 2.89. The second-order valence-electron chi connectivity index (χ2n) is 4.05. The van der Waals surface area contributed by atoms with Crippen molar-refractivity contribution >= 4 is 15.9 Å². The normalized spacial score (nSPS) is 23.3. The molecule has 1 heterocycles. The smallest absolute Gasteiger partial charge is 0.283 e. The molecule has 1 unspecified atom stereocenters. The second-order valence-corrected chi connectivity index (χ2v) is 5.66. The van der Waals surface area contributed by atoms with Gasteiger partial charge in [-0.3, -0.25) is 0 Å². The maximum atomic E-state index is 12.0. The van der Waals surface area contributed by atoms with Crippen LogP contribution in [0.4, 0.5) is 0 Å². The minimum atomic E-state index is -3.64. The lowest BCUT2D eigenvalue weighted by molar-refractivity contribution is 0.547. The molecule has 1 aromatic carbocycles. The molecule has 1 fully saturated rings. The first kappa shape index (κ1) is 12.1. The number of hydrogen-bond acceptors (Lipinski definition) is 3. The first-order chi connectivity index (χ1) is 8.00. The van der Waals surface area contributed by atoms with Crippen molar-refractivity contribution in [2.24, 2.45) is 10.1 Å². The number of nitrogens with two attached hydrogens (primary N) is 1. The summed E-state index contributed by atoms with van der Waals surface area (Å²) in [4.78, 5) is 1.98. The largest absolute Gasteiger partial charge is 0.361 e. The summed E-state index contributed by atoms with van der Waals surface area (Å²) >= 11 is 0. The van der Waals surface area contributed by atoms with Crippen molar-refractivity contribution < 1.29 is 8.42 Å². The Morgan fingerprint density at radius 2 is 2.00 bits per heavy atom. The molecular formula is C11H15N3O2S. The summed E-state index contributed by atoms with van der Waals surface area (Å²) in [5, 5.41) is 0. The molecule has 92 valence electrons. The van der Waals surface area contributed by atoms with E-state index >= 15 is 0 Å². The van der Waals surface area contributed by atoms with E-state index in [4.69, 9.17) is 5.73 Å². The number of amidine groups is 1. The predicted octanol–water partition coefficient (Wildman–Crippen LogP) is 0.437. The molecule has 0 saturated carbocycles. The van der Waals surface area contributed by atoms with Crippen LogP contribution in [0.3, 0.4) is 0 Å². The number of rotatable bonds is 2. The van der Waals surface area contributed by atoms with Crippen molar-refractivity contribution in [2.75, 3.05) is 13.6 Å². The van der Waals surface area contributed by atoms with Crippen molar-refractivity contribution in [3.8, 4) is 0 Å². The van der Waals surface area contributed by atoms with Gasteiger partial charge < -0.3 is 10.6 Å². The van der Waals surface area contributed by atoms with Crippen molar-refractivity contribution in [1.82, 2.24) is 4.90 Å². The third-order valence-electron chi connectivity index (χ3n) is 2.75. The average Bonchev–Trinajstić information content (AvgIpc) is 2.62. The summed E-state index contributed by atoms with van der Waals surface area (Å²) in [7, 11) is -1.85. The molecule has 6 heteroatoms. The number of nitrogens with zero attached hydrogens (tertiary/aromatic N) is 2. The Morgan fingerprint density at radius 3 is 2.53 bits per heavy atom. The van der Waals surface area contributed by atoms with Gasteiger partial charge in [0, 0.05) is 13.6 Å². The minimum absolute atomic E-state index is 0.194. The summed E-state index contributed by atoms with van der Waals surface area (Å²) < 4.78 is 27.8. The van der Waals surface area contributed by atoms with Gasteiger partial charge >= 0.3 is 0 Å². The molecule has 0 amide bonds. The molecule has 1 aliphatic heterocycles. The molecule has 2 N–H and O–H groups in total. The highest BCUT2D eigenvalue weighted by Crippen LogP contribution is 2.15. The number of sulfonamides is 1. The Labute approximate surface area is 101 Å². The fourth-order valence-electron chi connectivity index (χ4n) is 1.77. The van der Waals surface area contributed by atoms with Crippen LogP contribution in [0.1, 0.15) is 6.42 Å². The van der Waals surface area contributed by atoms with Gasteiger partial charge in [0.1, 0.15) is 5.84 Å². The first-order valence-corrected chi connectivity index (χ1v) is 6.81. The van der Waals surface area contributed by atoms with Gasteiger partial charge in [-0.25, -0.2) is 0 Å². The summed E-state index contributed by atoms with van der Waals surface area (Å²) in [5.41, 5.74) is 5.82. The van der Waals surface area contributed by atoms with E-state index in [0.717, 1.165) is 13.0 Å². The van der Waals surface area contributed by atoms with Crippen LogP contribution in [0.15, 0.2) is 39.6 Å². The zero-order chi connectivity index (χ0) is 12.5. The molecule has 5 nitrogen and oxygen atoms in total. The topological polar surface area (TPSA) is 75.8 Å². The molecule has 0 spiro atoms. The zero-order valence-electron chi connectivity index (χ0n) is 9.57. The number of benzene rings is 1. The molecule has 1 aromatic rings. The van der Waals surface area contributed by atoms with Gasteiger partial charge in [0.25, 0.3) is 10.0 Å². The van der Waals surface area contributed by atoms with Gasteiger partial charge in [-0.05, 0) is 18.6 Å². The monoisotopic (exact) mass is 253 g/mol. The lowest BCUT2D eigenvalue weighted by Gasteiger charge is -2.13. The minimum Gasteiger partial charge on any atom is -0.361 e. The Kier molecular flexibility index (Phi) is 3.17. The number of hydrogen-bond donors (Lipinski definition) is 1. The summed E-state index contributed by atoms with van der Waals surface area (Å²) in [6, 6.07) is 7.87. The van der Waals surface area contributed by atoms with Crippen molar-refractivity contribution in [2.45, 2.75) is 17.4 Å². The van der Waals surface area contributed by atoms with Crippen molar-refractivity contribution in [1.29, 1.82) is 0 Å². The maximum absolute atomic E-state index is 12.0. The highest BCUT2D eigenvalue weighted by molar-refractivity contribution is 7.90. The van der Waals surface area contributed by atoms with Crippen LogP contribution in [0.5, 0.6) is 0 Å². The quantitative estimate of drug-likeness (QED) is 0.829. The van der Waals surface area contributed by atoms with Crippen LogP contribution < -0.4 is 5.73 Å². The molecule has 2 rings (SSSR count). The molecule has 1 saturated heterocycles. The average molecular weight is 253 g/mol. The number of likely N-dealkylation sites (tertiary alicyclic amines) is 1. The summed E-state index contributed by atoms with van der Waals surface area (Å²) in [6.07, 6.45) is 0.736. The van der Waals surface area contributed by atoms with Gasteiger partial charge in [-0.1, -0.05) is 18.2 Å². The molecule has 0 aliphatic carbocycles. The van der Waals surface area contributed by atoms with Gasteiger partial charge in [0.05, 0.1) is 10.9 Å². The van der Waals surface area contributed by atoms with Crippen molar-refractivity contribution in [3.05, 3.63) is 30.3 Å². The second kappa shape index (κ2) is 4.46. The molecule has 1 atom stereocenters. The summed E-state index contributed by atoms with van der Waals surface area (Å²) in [5.74, 6) is 0.439. The van der Waals surface area contributed by atoms with Crippen LogP contribution in [0.2, 0.25) is 0 Å². The standard InChI is InChI=1S/C11H15N3O2S/c1-14-8-7-10(12)11(14)13-17(15,16)9-5-3-2-4-6-9/h2-6,10H,7-8,12H2,1H3/b13-11-. The highest BCUT2D eigenvalue weighted by atomic mass is 32.2. The molecule has 0 bridgehead atoms. The van der Waals surface area contributed by atoms with Gasteiger partial charge in [-0.2, -0.15) is 8.42 Å². The maximum Gasteiger partial charge on any atom is 0.283 e. The van der Waals surface area contributed by atoms with Crippen molar-refractivity contribution in [3.63, 3.8) is 0 Å². The Bertz CT molecular complexity index is 513. The first-order valence-electron chi connectivity index (χ1n) is 5.37. The van der Waals surface area contributed by atoms with E-state index in [9.17, 15) is 8.42 Å². The van der Waals surface area contributed by atoms with Crippen LogP contribution in [-0.4, -0.2) is 38.8 Å². The SMILES string of the molecule is CN1CCC(N)/C1=N/S(=O)(=O)c1ccccc1. The number of likely N-dealkylation sites (N-methyl/N-ethyl adjacent to an activating group) is 1. The lowest BCUT2D eigenvalue weighted by atomic mass is 10.3. The molecular weight excluding hydrogens is 238 g/mol. The summed E-state index contributed by atoms with van der Waals surface area (Å²) in [6.45, 7) is 0.740. The highest BCUT2D eigenvalue weighted by Gasteiger charge is 2.26. The third kappa shape index (κ3) is 2.48. The van der Waals surface area contributed by atoms with Crippen LogP contribution in [-0.2, 0) is 10.0 Å². The Balaban J connectivity index is 2.38. The lowest BCUT2D eigenvalue weighted by Crippen LogP contribution is -2.32. The zero-order valence-corrected chi connectivity index (χ0v) is 10.4. The van der Waals surface area contributed by atoms with Crippen LogP contribution in [0, 0.1) is 0 Å². The Morgan fingerprint density at radius 1 is 1.35 bits per heavy atom. The fraction of sp³-hybridized carbons (Fsp3) is 0.364. The van der Waals surface area contributed by atoms with Gasteiger partial charge in [0.15, 0.2) is 0 Å². The predicted molar refractivity (Wildman–Crippen MR) is 66.3 cm³/mol. The van der Waals surface area contributed by atoms with Gasteiger partial charge in [0.2, 0.25) is 0 Å². The van der Waals surface area contributed by atoms with Gasteiger partial charge in [-0.15, -0.1) is 4.40 Å². The van der Waals surface area contributed by atoms with E-state index in [1.54, 1.807) is 30.1 Å². The molecule has 0 aromatic heterocycles. The van der Waals surface area contributed by atoms with E-state index in [0.29, 0.717) is 5.84 Å². The van der Waals surface area contributed by atoms with Crippen LogP contribution in [0.25, 0.3) is 0 Å². The van der Waals surface area contributed by atoms with E-state index in [1.807, 2.05) is 0 Å². The van der Waals surface area contributed by atoms with E-state index < -0.39 is 10.0 Å². The van der Waals surface area contributed by atoms with E-state index in [2.05, 4.69) is 4.40 Å². The Hall–Kier alpha value is -1.40. The van der Waals surface area contributed by atoms with E-state index in [1.165, 1.54) is 12.1 Å². The van der Waals surface area contributed by atoms with E-state index in [-0.39, 0.29) is 10.9 Å². The van der Waals surface area contributed by atoms with Crippen LogP contribution >= 0.6 is 0 Å². The molecule has 1 aliphatic rings. The third-order valence-corrected chi connectivity index (χ3v) is 4.05.